The van der Waals surface area contributed by atoms with Crippen LogP contribution in [0.3, 0.4) is 0 Å². The minimum absolute atomic E-state index is 0.0799. The van der Waals surface area contributed by atoms with Gasteiger partial charge in [-0.1, -0.05) is 22.0 Å². The highest BCUT2D eigenvalue weighted by Crippen LogP contribution is 2.29. The molecule has 2 aromatic rings. The molecule has 0 saturated carbocycles. The van der Waals surface area contributed by atoms with Crippen LogP contribution in [0.4, 0.5) is 4.39 Å². The van der Waals surface area contributed by atoms with Gasteiger partial charge in [-0.15, -0.1) is 0 Å². The van der Waals surface area contributed by atoms with E-state index >= 15 is 0 Å². The van der Waals surface area contributed by atoms with Crippen LogP contribution in [0.1, 0.15) is 11.1 Å². The molecule has 0 saturated heterocycles. The Hall–Kier alpha value is -1.59. The van der Waals surface area contributed by atoms with Gasteiger partial charge in [0, 0.05) is 10.0 Å². The van der Waals surface area contributed by atoms with E-state index in [1.807, 2.05) is 0 Å². The van der Waals surface area contributed by atoms with Gasteiger partial charge in [-0.05, 0) is 35.9 Å². The second-order valence-corrected chi connectivity index (χ2v) is 5.08. The van der Waals surface area contributed by atoms with Gasteiger partial charge in [-0.2, -0.15) is 0 Å². The van der Waals surface area contributed by atoms with Gasteiger partial charge in [0.25, 0.3) is 0 Å². The molecule has 0 radical (unpaired) electrons. The Balaban J connectivity index is 2.19. The summed E-state index contributed by atoms with van der Waals surface area (Å²) in [5.41, 5.74) is 1.14. The van der Waals surface area contributed by atoms with Crippen LogP contribution in [0.15, 0.2) is 40.9 Å². The van der Waals surface area contributed by atoms with E-state index in [0.717, 1.165) is 4.47 Å². The molecule has 20 heavy (non-hydrogen) atoms. The van der Waals surface area contributed by atoms with E-state index in [1.165, 1.54) is 13.2 Å². The fourth-order valence-corrected chi connectivity index (χ4v) is 2.15. The second kappa shape index (κ2) is 6.72. The van der Waals surface area contributed by atoms with Gasteiger partial charge in [0.1, 0.15) is 12.4 Å². The molecule has 0 bridgehead atoms. The summed E-state index contributed by atoms with van der Waals surface area (Å²) in [7, 11) is 1.53. The molecule has 0 fully saturated rings. The fraction of sp³-hybridized carbons (Fsp3) is 0.200. The molecule has 0 amide bonds. The first-order valence-electron chi connectivity index (χ1n) is 5.98. The van der Waals surface area contributed by atoms with Crippen LogP contribution in [0, 0.1) is 5.82 Å². The van der Waals surface area contributed by atoms with Crippen molar-refractivity contribution < 1.29 is 19.0 Å². The minimum atomic E-state index is -0.328. The predicted octanol–water partition coefficient (Wildman–Crippen LogP) is 3.67. The van der Waals surface area contributed by atoms with E-state index in [2.05, 4.69) is 15.9 Å². The summed E-state index contributed by atoms with van der Waals surface area (Å²) in [6, 6.07) is 9.80. The van der Waals surface area contributed by atoms with Crippen molar-refractivity contribution in [2.75, 3.05) is 7.11 Å². The third-order valence-corrected chi connectivity index (χ3v) is 3.29. The number of methoxy groups -OCH3 is 1. The molecule has 1 N–H and O–H groups in total. The summed E-state index contributed by atoms with van der Waals surface area (Å²) >= 11 is 3.29. The van der Waals surface area contributed by atoms with E-state index in [-0.39, 0.29) is 19.0 Å². The van der Waals surface area contributed by atoms with Crippen molar-refractivity contribution in [3.05, 3.63) is 57.8 Å². The van der Waals surface area contributed by atoms with E-state index in [9.17, 15) is 4.39 Å². The Bertz CT molecular complexity index is 602. The number of ether oxygens (including phenoxy) is 2. The van der Waals surface area contributed by atoms with Gasteiger partial charge < -0.3 is 14.6 Å². The van der Waals surface area contributed by atoms with Gasteiger partial charge in [0.2, 0.25) is 0 Å². The van der Waals surface area contributed by atoms with E-state index < -0.39 is 0 Å². The van der Waals surface area contributed by atoms with Crippen molar-refractivity contribution in [3.8, 4) is 11.5 Å². The molecule has 0 aliphatic carbocycles. The molecule has 0 aromatic heterocycles. The maximum absolute atomic E-state index is 13.6. The van der Waals surface area contributed by atoms with Gasteiger partial charge in [-0.3, -0.25) is 0 Å². The van der Waals surface area contributed by atoms with Crippen LogP contribution in [0.5, 0.6) is 11.5 Å². The lowest BCUT2D eigenvalue weighted by Gasteiger charge is -2.12. The Kier molecular flexibility index (Phi) is 4.98. The molecule has 3 nitrogen and oxygen atoms in total. The van der Waals surface area contributed by atoms with E-state index in [1.54, 1.807) is 30.3 Å². The summed E-state index contributed by atoms with van der Waals surface area (Å²) < 4.78 is 25.2. The van der Waals surface area contributed by atoms with E-state index in [0.29, 0.717) is 22.6 Å². The molecular formula is C15H14BrFO3. The first kappa shape index (κ1) is 14.8. The lowest BCUT2D eigenvalue weighted by Crippen LogP contribution is -2.01. The largest absolute Gasteiger partial charge is 0.493 e. The number of hydrogen-bond acceptors (Lipinski definition) is 3. The van der Waals surface area contributed by atoms with Crippen molar-refractivity contribution in [2.24, 2.45) is 0 Å². The van der Waals surface area contributed by atoms with Crippen molar-refractivity contribution in [1.82, 2.24) is 0 Å². The third-order valence-electron chi connectivity index (χ3n) is 2.80. The highest BCUT2D eigenvalue weighted by atomic mass is 79.9. The average molecular weight is 341 g/mol. The van der Waals surface area contributed by atoms with Gasteiger partial charge in [0.15, 0.2) is 11.5 Å². The highest BCUT2D eigenvalue weighted by molar-refractivity contribution is 9.10. The normalized spacial score (nSPS) is 10.4. The monoisotopic (exact) mass is 340 g/mol. The minimum Gasteiger partial charge on any atom is -0.493 e. The van der Waals surface area contributed by atoms with Crippen LogP contribution in [-0.4, -0.2) is 12.2 Å². The molecule has 106 valence electrons. The topological polar surface area (TPSA) is 38.7 Å². The number of halogens is 2. The van der Waals surface area contributed by atoms with Crippen LogP contribution < -0.4 is 9.47 Å². The Morgan fingerprint density at radius 3 is 2.65 bits per heavy atom. The molecule has 5 heteroatoms. The second-order valence-electron chi connectivity index (χ2n) is 4.17. The third kappa shape index (κ3) is 3.49. The molecule has 0 spiro atoms. The number of aliphatic hydroxyl groups is 1. The first-order chi connectivity index (χ1) is 9.63. The number of aliphatic hydroxyl groups excluding tert-OH is 1. The SMILES string of the molecule is COc1ccc(CO)cc1OCc1cc(Br)ccc1F. The molecule has 0 aliphatic rings. The molecule has 0 heterocycles. The van der Waals surface area contributed by atoms with Crippen molar-refractivity contribution in [1.29, 1.82) is 0 Å². The number of rotatable bonds is 5. The lowest BCUT2D eigenvalue weighted by atomic mass is 10.2. The first-order valence-corrected chi connectivity index (χ1v) is 6.78. The van der Waals surface area contributed by atoms with Crippen molar-refractivity contribution >= 4 is 15.9 Å². The zero-order valence-electron chi connectivity index (χ0n) is 10.9. The van der Waals surface area contributed by atoms with Gasteiger partial charge in [0.05, 0.1) is 13.7 Å². The van der Waals surface area contributed by atoms with Crippen molar-refractivity contribution in [3.63, 3.8) is 0 Å². The fourth-order valence-electron chi connectivity index (χ4n) is 1.74. The molecule has 0 aliphatic heterocycles. The van der Waals surface area contributed by atoms with Gasteiger partial charge >= 0.3 is 0 Å². The van der Waals surface area contributed by atoms with Crippen molar-refractivity contribution in [2.45, 2.75) is 13.2 Å². The molecule has 2 aromatic carbocycles. The predicted molar refractivity (Wildman–Crippen MR) is 77.3 cm³/mol. The average Bonchev–Trinajstić information content (AvgIpc) is 2.47. The summed E-state index contributed by atoms with van der Waals surface area (Å²) in [4.78, 5) is 0. The molecule has 2 rings (SSSR count). The van der Waals surface area contributed by atoms with E-state index in [4.69, 9.17) is 14.6 Å². The van der Waals surface area contributed by atoms with Crippen LogP contribution >= 0.6 is 15.9 Å². The molecule has 0 atom stereocenters. The summed E-state index contributed by atoms with van der Waals surface area (Å²) in [5, 5.41) is 9.13. The lowest BCUT2D eigenvalue weighted by molar-refractivity contribution is 0.269. The zero-order chi connectivity index (χ0) is 14.5. The summed E-state index contributed by atoms with van der Waals surface area (Å²) in [5.74, 6) is 0.682. The number of hydrogen-bond donors (Lipinski definition) is 1. The summed E-state index contributed by atoms with van der Waals surface area (Å²) in [6.07, 6.45) is 0. The molecular weight excluding hydrogens is 327 g/mol. The van der Waals surface area contributed by atoms with Crippen LogP contribution in [0.2, 0.25) is 0 Å². The smallest absolute Gasteiger partial charge is 0.162 e. The maximum Gasteiger partial charge on any atom is 0.162 e. The zero-order valence-corrected chi connectivity index (χ0v) is 12.5. The Labute approximate surface area is 125 Å². The quantitative estimate of drug-likeness (QED) is 0.902. The van der Waals surface area contributed by atoms with Crippen LogP contribution in [-0.2, 0) is 13.2 Å². The Morgan fingerprint density at radius 2 is 1.95 bits per heavy atom. The molecule has 0 unspecified atom stereocenters. The standard InChI is InChI=1S/C15H14BrFO3/c1-19-14-5-2-10(8-18)6-15(14)20-9-11-7-12(16)3-4-13(11)17/h2-7,18H,8-9H2,1H3. The maximum atomic E-state index is 13.6. The van der Waals surface area contributed by atoms with Crippen LogP contribution in [0.25, 0.3) is 0 Å². The summed E-state index contributed by atoms with van der Waals surface area (Å²) in [6.45, 7) is -0.0118. The Morgan fingerprint density at radius 1 is 1.15 bits per heavy atom. The van der Waals surface area contributed by atoms with Gasteiger partial charge in [-0.25, -0.2) is 4.39 Å². The number of benzene rings is 2. The highest BCUT2D eigenvalue weighted by Gasteiger charge is 2.08.